The van der Waals surface area contributed by atoms with Gasteiger partial charge in [-0.2, -0.15) is 0 Å². The van der Waals surface area contributed by atoms with Gasteiger partial charge in [-0.25, -0.2) is 4.99 Å². The van der Waals surface area contributed by atoms with Crippen LogP contribution in [0.3, 0.4) is 0 Å². The van der Waals surface area contributed by atoms with E-state index < -0.39 is 0 Å². The third-order valence-electron chi connectivity index (χ3n) is 3.35. The Kier molecular flexibility index (Phi) is 5.49. The highest BCUT2D eigenvalue weighted by Gasteiger charge is 2.21. The first-order valence-electron chi connectivity index (χ1n) is 6.42. The molecular weight excluding hydrogens is 242 g/mol. The third-order valence-corrected chi connectivity index (χ3v) is 3.48. The fourth-order valence-corrected chi connectivity index (χ4v) is 2.50. The Morgan fingerprint density at radius 3 is 3.00 bits per heavy atom. The van der Waals surface area contributed by atoms with Gasteiger partial charge in [-0.05, 0) is 24.2 Å². The molecule has 1 unspecified atom stereocenters. The van der Waals surface area contributed by atoms with E-state index in [1.807, 2.05) is 0 Å². The van der Waals surface area contributed by atoms with Crippen molar-refractivity contribution in [2.75, 3.05) is 32.7 Å². The monoisotopic (exact) mass is 261 g/mol. The van der Waals surface area contributed by atoms with Gasteiger partial charge in [0.05, 0.1) is 11.7 Å². The molecule has 2 rings (SSSR count). The summed E-state index contributed by atoms with van der Waals surface area (Å²) >= 11 is 4.61. The van der Waals surface area contributed by atoms with E-state index in [0.717, 1.165) is 39.1 Å². The lowest BCUT2D eigenvalue weighted by Gasteiger charge is -2.36. The van der Waals surface area contributed by atoms with Crippen molar-refractivity contribution in [3.8, 4) is 0 Å². The Labute approximate surface area is 114 Å². The largest absolute Gasteiger partial charge is 0.314 e. The van der Waals surface area contributed by atoms with Crippen LogP contribution in [0.5, 0.6) is 0 Å². The molecule has 1 aliphatic rings. The molecule has 4 heteroatoms. The molecule has 0 aliphatic carbocycles. The highest BCUT2D eigenvalue weighted by atomic mass is 32.1. The zero-order chi connectivity index (χ0) is 12.6. The summed E-state index contributed by atoms with van der Waals surface area (Å²) in [6, 6.07) is 11.2. The summed E-state index contributed by atoms with van der Waals surface area (Å²) in [6.07, 6.45) is 1.09. The standard InChI is InChI=1S/C14H19N3S/c18-12-16-7-9-17-8-6-15-11-14(17)10-13-4-2-1-3-5-13/h1-5,14-15H,6-11H2. The van der Waals surface area contributed by atoms with Crippen molar-refractivity contribution in [2.45, 2.75) is 12.5 Å². The van der Waals surface area contributed by atoms with Gasteiger partial charge in [-0.15, -0.1) is 0 Å². The molecule has 0 radical (unpaired) electrons. The van der Waals surface area contributed by atoms with Crippen LogP contribution in [-0.2, 0) is 6.42 Å². The number of benzene rings is 1. The molecule has 1 aromatic rings. The van der Waals surface area contributed by atoms with Gasteiger partial charge in [0.1, 0.15) is 0 Å². The first kappa shape index (κ1) is 13.4. The molecule has 1 aromatic carbocycles. The van der Waals surface area contributed by atoms with Crippen LogP contribution in [-0.4, -0.2) is 48.8 Å². The van der Waals surface area contributed by atoms with E-state index in [1.165, 1.54) is 5.56 Å². The van der Waals surface area contributed by atoms with E-state index in [9.17, 15) is 0 Å². The summed E-state index contributed by atoms with van der Waals surface area (Å²) in [5.41, 5.74) is 1.40. The summed E-state index contributed by atoms with van der Waals surface area (Å²) < 4.78 is 0. The van der Waals surface area contributed by atoms with Crippen molar-refractivity contribution in [3.63, 3.8) is 0 Å². The molecule has 0 aromatic heterocycles. The van der Waals surface area contributed by atoms with Crippen LogP contribution in [0.15, 0.2) is 35.3 Å². The summed E-state index contributed by atoms with van der Waals surface area (Å²) in [6.45, 7) is 4.94. The van der Waals surface area contributed by atoms with Crippen LogP contribution >= 0.6 is 12.2 Å². The van der Waals surface area contributed by atoms with Crippen molar-refractivity contribution in [2.24, 2.45) is 4.99 Å². The summed E-state index contributed by atoms with van der Waals surface area (Å²) in [7, 11) is 0. The molecule has 1 fully saturated rings. The van der Waals surface area contributed by atoms with Gasteiger partial charge in [-0.3, -0.25) is 4.90 Å². The van der Waals surface area contributed by atoms with E-state index in [0.29, 0.717) is 6.04 Å². The fourth-order valence-electron chi connectivity index (χ4n) is 2.41. The molecule has 1 saturated heterocycles. The lowest BCUT2D eigenvalue weighted by atomic mass is 10.0. The molecule has 0 amide bonds. The van der Waals surface area contributed by atoms with Gasteiger partial charge in [0.25, 0.3) is 0 Å². The van der Waals surface area contributed by atoms with Crippen LogP contribution in [0.4, 0.5) is 0 Å². The van der Waals surface area contributed by atoms with Crippen LogP contribution in [0.25, 0.3) is 0 Å². The molecule has 96 valence electrons. The lowest BCUT2D eigenvalue weighted by molar-refractivity contribution is 0.165. The van der Waals surface area contributed by atoms with Crippen LogP contribution in [0, 0.1) is 0 Å². The van der Waals surface area contributed by atoms with E-state index in [2.05, 4.69) is 62.9 Å². The van der Waals surface area contributed by atoms with Gasteiger partial charge in [0.2, 0.25) is 0 Å². The molecule has 18 heavy (non-hydrogen) atoms. The van der Waals surface area contributed by atoms with Gasteiger partial charge < -0.3 is 5.32 Å². The Bertz CT molecular complexity index is 401. The SMILES string of the molecule is S=C=NCCN1CCNCC1Cc1ccccc1. The number of hydrogen-bond donors (Lipinski definition) is 1. The average molecular weight is 261 g/mol. The summed E-state index contributed by atoms with van der Waals surface area (Å²) in [5, 5.41) is 5.90. The number of aliphatic imine (C=N–C) groups is 1. The molecule has 3 nitrogen and oxygen atoms in total. The quantitative estimate of drug-likeness (QED) is 0.644. The van der Waals surface area contributed by atoms with E-state index >= 15 is 0 Å². The van der Waals surface area contributed by atoms with Crippen LogP contribution < -0.4 is 5.32 Å². The molecule has 1 N–H and O–H groups in total. The van der Waals surface area contributed by atoms with Crippen LogP contribution in [0.2, 0.25) is 0 Å². The van der Waals surface area contributed by atoms with Crippen molar-refractivity contribution in [1.29, 1.82) is 0 Å². The molecule has 1 aliphatic heterocycles. The maximum Gasteiger partial charge on any atom is 0.0620 e. The van der Waals surface area contributed by atoms with Crippen molar-refractivity contribution in [3.05, 3.63) is 35.9 Å². The Morgan fingerprint density at radius 2 is 2.22 bits per heavy atom. The maximum absolute atomic E-state index is 4.61. The second-order valence-electron chi connectivity index (χ2n) is 4.56. The lowest BCUT2D eigenvalue weighted by Crippen LogP contribution is -2.52. The highest BCUT2D eigenvalue weighted by Crippen LogP contribution is 2.10. The number of isothiocyanates is 1. The Hall–Kier alpha value is -1.06. The number of hydrogen-bond acceptors (Lipinski definition) is 4. The average Bonchev–Trinajstić information content (AvgIpc) is 2.42. The summed E-state index contributed by atoms with van der Waals surface area (Å²) in [4.78, 5) is 6.51. The molecule has 0 spiro atoms. The van der Waals surface area contributed by atoms with E-state index in [-0.39, 0.29) is 0 Å². The highest BCUT2D eigenvalue weighted by molar-refractivity contribution is 7.78. The van der Waals surface area contributed by atoms with Crippen molar-refractivity contribution < 1.29 is 0 Å². The molecule has 0 bridgehead atoms. The van der Waals surface area contributed by atoms with Gasteiger partial charge in [-0.1, -0.05) is 30.3 Å². The second kappa shape index (κ2) is 7.39. The molecule has 1 heterocycles. The van der Waals surface area contributed by atoms with Crippen molar-refractivity contribution in [1.82, 2.24) is 10.2 Å². The minimum atomic E-state index is 0.557. The third kappa shape index (κ3) is 4.00. The number of thiocarbonyl (C=S) groups is 1. The normalized spacial score (nSPS) is 20.3. The number of nitrogens with zero attached hydrogens (tertiary/aromatic N) is 2. The predicted molar refractivity (Wildman–Crippen MR) is 78.3 cm³/mol. The number of piperazine rings is 1. The Balaban J connectivity index is 1.92. The van der Waals surface area contributed by atoms with Crippen LogP contribution in [0.1, 0.15) is 5.56 Å². The first-order valence-corrected chi connectivity index (χ1v) is 6.83. The van der Waals surface area contributed by atoms with Gasteiger partial charge >= 0.3 is 0 Å². The van der Waals surface area contributed by atoms with E-state index in [1.54, 1.807) is 0 Å². The fraction of sp³-hybridized carbons (Fsp3) is 0.500. The minimum absolute atomic E-state index is 0.557. The maximum atomic E-state index is 4.61. The molecule has 0 saturated carbocycles. The van der Waals surface area contributed by atoms with Crippen molar-refractivity contribution >= 4 is 17.4 Å². The minimum Gasteiger partial charge on any atom is -0.314 e. The predicted octanol–water partition coefficient (Wildman–Crippen LogP) is 1.61. The smallest absolute Gasteiger partial charge is 0.0620 e. The zero-order valence-corrected chi connectivity index (χ0v) is 11.3. The molecular formula is C14H19N3S. The number of rotatable bonds is 5. The second-order valence-corrected chi connectivity index (χ2v) is 4.74. The number of nitrogens with one attached hydrogen (secondary N) is 1. The summed E-state index contributed by atoms with van der Waals surface area (Å²) in [5.74, 6) is 0. The van der Waals surface area contributed by atoms with Gasteiger partial charge in [0, 0.05) is 32.2 Å². The molecule has 1 atom stereocenters. The Morgan fingerprint density at radius 1 is 1.39 bits per heavy atom. The van der Waals surface area contributed by atoms with Gasteiger partial charge in [0.15, 0.2) is 0 Å². The topological polar surface area (TPSA) is 27.6 Å². The zero-order valence-electron chi connectivity index (χ0n) is 10.5. The van der Waals surface area contributed by atoms with E-state index in [4.69, 9.17) is 0 Å². The first-order chi connectivity index (χ1) is 8.90.